The second-order valence-corrected chi connectivity index (χ2v) is 8.54. The van der Waals surface area contributed by atoms with Crippen molar-refractivity contribution in [1.29, 1.82) is 0 Å². The maximum absolute atomic E-state index is 11.9. The van der Waals surface area contributed by atoms with E-state index in [9.17, 15) is 9.59 Å². The summed E-state index contributed by atoms with van der Waals surface area (Å²) in [6.07, 6.45) is 0. The highest BCUT2D eigenvalue weighted by Crippen LogP contribution is 2.27. The molecule has 0 unspecified atom stereocenters. The summed E-state index contributed by atoms with van der Waals surface area (Å²) >= 11 is 25.6. The van der Waals surface area contributed by atoms with Crippen LogP contribution in [0, 0.1) is 0 Å². The van der Waals surface area contributed by atoms with E-state index in [-0.39, 0.29) is 10.5 Å². The number of amides is 2. The van der Waals surface area contributed by atoms with E-state index >= 15 is 0 Å². The van der Waals surface area contributed by atoms with Gasteiger partial charge in [0.25, 0.3) is 10.5 Å². The van der Waals surface area contributed by atoms with Crippen LogP contribution in [0.3, 0.4) is 0 Å². The number of carbonyl (C=O) groups excluding carboxylic acids is 2. The summed E-state index contributed by atoms with van der Waals surface area (Å²) in [6.45, 7) is 0. The van der Waals surface area contributed by atoms with Crippen LogP contribution in [0.25, 0.3) is 0 Å². The number of benzene rings is 2. The van der Waals surface area contributed by atoms with Crippen molar-refractivity contribution in [3.8, 4) is 0 Å². The summed E-state index contributed by atoms with van der Waals surface area (Å²) < 4.78 is 0. The van der Waals surface area contributed by atoms with Crippen LogP contribution in [0.2, 0.25) is 20.1 Å². The van der Waals surface area contributed by atoms with Crippen molar-refractivity contribution in [2.24, 2.45) is 0 Å². The minimum Gasteiger partial charge on any atom is -0.317 e. The van der Waals surface area contributed by atoms with Crippen LogP contribution < -0.4 is 10.6 Å². The first-order valence-corrected chi connectivity index (χ1v) is 10.6. The van der Waals surface area contributed by atoms with E-state index in [1.165, 1.54) is 0 Å². The van der Waals surface area contributed by atoms with Gasteiger partial charge >= 0.3 is 0 Å². The summed E-state index contributed by atoms with van der Waals surface area (Å²) in [5, 5.41) is 6.47. The van der Waals surface area contributed by atoms with Gasteiger partial charge in [0.15, 0.2) is 0 Å². The van der Waals surface area contributed by atoms with Crippen LogP contribution in [0.5, 0.6) is 0 Å². The first kappa shape index (κ1) is 21.5. The molecule has 4 nitrogen and oxygen atoms in total. The van der Waals surface area contributed by atoms with Gasteiger partial charge in [0.05, 0.1) is 20.1 Å². The number of carbonyl (C=O) groups is 2. The van der Waals surface area contributed by atoms with Gasteiger partial charge in [-0.15, -0.1) is 0 Å². The van der Waals surface area contributed by atoms with Gasteiger partial charge in [-0.1, -0.05) is 69.9 Å². The molecule has 138 valence electrons. The summed E-state index contributed by atoms with van der Waals surface area (Å²) in [5.41, 5.74) is 1.11. The lowest BCUT2D eigenvalue weighted by Crippen LogP contribution is -2.09. The number of thioether (sulfide) groups is 2. The first-order valence-electron chi connectivity index (χ1n) is 7.13. The van der Waals surface area contributed by atoms with Crippen molar-refractivity contribution >= 4 is 91.8 Å². The predicted molar refractivity (Wildman–Crippen MR) is 116 cm³/mol. The molecule has 0 aromatic heterocycles. The molecule has 2 N–H and O–H groups in total. The highest BCUT2D eigenvalue weighted by atomic mass is 35.5. The Labute approximate surface area is 179 Å². The lowest BCUT2D eigenvalue weighted by molar-refractivity contribution is 0.269. The van der Waals surface area contributed by atoms with Gasteiger partial charge in [-0.3, -0.25) is 9.59 Å². The monoisotopic (exact) mass is 468 g/mol. The van der Waals surface area contributed by atoms with Crippen molar-refractivity contribution in [1.82, 2.24) is 0 Å². The zero-order valence-corrected chi connectivity index (χ0v) is 17.7. The Kier molecular flexibility index (Phi) is 8.73. The predicted octanol–water partition coefficient (Wildman–Crippen LogP) is 7.53. The molecule has 2 rings (SSSR count). The molecule has 0 saturated carbocycles. The van der Waals surface area contributed by atoms with Gasteiger partial charge in [0, 0.05) is 22.9 Å². The SMILES string of the molecule is O=C(Nc1ccc(Cl)c(Cl)c1)SCCSC(=O)Nc1ccc(Cl)c(Cl)c1. The van der Waals surface area contributed by atoms with Gasteiger partial charge in [-0.25, -0.2) is 0 Å². The van der Waals surface area contributed by atoms with E-state index in [1.54, 1.807) is 36.4 Å². The Morgan fingerprint density at radius 2 is 1.08 bits per heavy atom. The van der Waals surface area contributed by atoms with E-state index in [0.717, 1.165) is 23.5 Å². The highest BCUT2D eigenvalue weighted by molar-refractivity contribution is 8.17. The third kappa shape index (κ3) is 7.10. The Bertz CT molecular complexity index is 753. The molecule has 10 heteroatoms. The van der Waals surface area contributed by atoms with Crippen LogP contribution in [0.4, 0.5) is 21.0 Å². The molecule has 0 saturated heterocycles. The molecule has 26 heavy (non-hydrogen) atoms. The molecular weight excluding hydrogens is 458 g/mol. The molecule has 0 radical (unpaired) electrons. The molecule has 2 aromatic rings. The molecule has 0 heterocycles. The van der Waals surface area contributed by atoms with Gasteiger partial charge < -0.3 is 10.6 Å². The van der Waals surface area contributed by atoms with Crippen LogP contribution in [-0.2, 0) is 0 Å². The van der Waals surface area contributed by atoms with E-state index in [2.05, 4.69) is 10.6 Å². The van der Waals surface area contributed by atoms with Crippen LogP contribution in [-0.4, -0.2) is 22.0 Å². The lowest BCUT2D eigenvalue weighted by atomic mass is 10.3. The van der Waals surface area contributed by atoms with E-state index in [1.807, 2.05) is 0 Å². The minimum absolute atomic E-state index is 0.242. The third-order valence-electron chi connectivity index (χ3n) is 2.88. The van der Waals surface area contributed by atoms with Crippen molar-refractivity contribution in [2.45, 2.75) is 0 Å². The Morgan fingerprint density at radius 1 is 0.692 bits per heavy atom. The first-order chi connectivity index (χ1) is 12.3. The molecule has 0 bridgehead atoms. The molecule has 2 aromatic carbocycles. The molecule has 0 fully saturated rings. The molecular formula is C16H12Cl4N2O2S2. The standard InChI is InChI=1S/C16H12Cl4N2O2S2/c17-11-3-1-9(7-13(11)19)21-15(23)25-5-6-26-16(24)22-10-2-4-12(18)14(20)8-10/h1-4,7-8H,5-6H2,(H,21,23)(H,22,24). The van der Waals surface area contributed by atoms with Gasteiger partial charge in [0.1, 0.15) is 0 Å². The Balaban J connectivity index is 1.68. The number of halogens is 4. The maximum atomic E-state index is 11.9. The molecule has 0 aliphatic rings. The fraction of sp³-hybridized carbons (Fsp3) is 0.125. The minimum atomic E-state index is -0.242. The van der Waals surface area contributed by atoms with Crippen LogP contribution >= 0.6 is 69.9 Å². The lowest BCUT2D eigenvalue weighted by Gasteiger charge is -2.07. The fourth-order valence-electron chi connectivity index (χ4n) is 1.72. The normalized spacial score (nSPS) is 10.5. The quantitative estimate of drug-likeness (QED) is 0.444. The average Bonchev–Trinajstić information content (AvgIpc) is 2.58. The van der Waals surface area contributed by atoms with Crippen LogP contribution in [0.1, 0.15) is 0 Å². The van der Waals surface area contributed by atoms with Gasteiger partial charge in [-0.05, 0) is 36.4 Å². The summed E-state index contributed by atoms with van der Waals surface area (Å²) in [6, 6.07) is 9.67. The van der Waals surface area contributed by atoms with Crippen molar-refractivity contribution in [3.63, 3.8) is 0 Å². The summed E-state index contributed by atoms with van der Waals surface area (Å²) in [5.74, 6) is 0.930. The van der Waals surface area contributed by atoms with E-state index < -0.39 is 0 Å². The van der Waals surface area contributed by atoms with Crippen molar-refractivity contribution < 1.29 is 9.59 Å². The fourth-order valence-corrected chi connectivity index (χ4v) is 3.74. The largest absolute Gasteiger partial charge is 0.317 e. The average molecular weight is 470 g/mol. The second kappa shape index (κ2) is 10.5. The topological polar surface area (TPSA) is 58.2 Å². The molecule has 0 atom stereocenters. The number of nitrogens with one attached hydrogen (secondary N) is 2. The summed E-state index contributed by atoms with van der Waals surface area (Å²) in [4.78, 5) is 23.7. The Hall–Kier alpha value is -0.760. The van der Waals surface area contributed by atoms with Crippen molar-refractivity contribution in [2.75, 3.05) is 22.1 Å². The second-order valence-electron chi connectivity index (χ2n) is 4.78. The smallest absolute Gasteiger partial charge is 0.283 e. The number of hydrogen-bond donors (Lipinski definition) is 2. The van der Waals surface area contributed by atoms with E-state index in [0.29, 0.717) is 43.0 Å². The molecule has 0 spiro atoms. The zero-order valence-electron chi connectivity index (χ0n) is 13.0. The number of anilines is 2. The number of hydrogen-bond acceptors (Lipinski definition) is 4. The molecule has 0 aliphatic carbocycles. The maximum Gasteiger partial charge on any atom is 0.283 e. The number of rotatable bonds is 5. The molecule has 0 aliphatic heterocycles. The molecule has 2 amide bonds. The van der Waals surface area contributed by atoms with Gasteiger partial charge in [-0.2, -0.15) is 0 Å². The van der Waals surface area contributed by atoms with Gasteiger partial charge in [0.2, 0.25) is 0 Å². The summed E-state index contributed by atoms with van der Waals surface area (Å²) in [7, 11) is 0. The van der Waals surface area contributed by atoms with Crippen LogP contribution in [0.15, 0.2) is 36.4 Å². The zero-order chi connectivity index (χ0) is 19.1. The Morgan fingerprint density at radius 3 is 1.42 bits per heavy atom. The highest BCUT2D eigenvalue weighted by Gasteiger charge is 2.08. The third-order valence-corrected chi connectivity index (χ3v) is 6.16. The van der Waals surface area contributed by atoms with E-state index in [4.69, 9.17) is 46.4 Å². The van der Waals surface area contributed by atoms with Crippen molar-refractivity contribution in [3.05, 3.63) is 56.5 Å².